The summed E-state index contributed by atoms with van der Waals surface area (Å²) in [5.41, 5.74) is 0. The van der Waals surface area contributed by atoms with Crippen molar-refractivity contribution in [2.75, 3.05) is 13.2 Å². The zero-order valence-electron chi connectivity index (χ0n) is 8.41. The molecule has 0 aromatic carbocycles. The van der Waals surface area contributed by atoms with E-state index in [2.05, 4.69) is 13.8 Å². The Labute approximate surface area is 79.7 Å². The summed E-state index contributed by atoms with van der Waals surface area (Å²) in [5, 5.41) is 0.783. The molecule has 13 heavy (non-hydrogen) atoms. The van der Waals surface area contributed by atoms with Gasteiger partial charge in [0.15, 0.2) is 0 Å². The lowest BCUT2D eigenvalue weighted by Crippen LogP contribution is -2.23. The van der Waals surface area contributed by atoms with E-state index in [1.165, 1.54) is 0 Å². The third-order valence-electron chi connectivity index (χ3n) is 1.49. The lowest BCUT2D eigenvalue weighted by Gasteiger charge is -2.14. The van der Waals surface area contributed by atoms with E-state index in [9.17, 15) is 4.79 Å². The Kier molecular flexibility index (Phi) is 9.03. The van der Waals surface area contributed by atoms with Crippen LogP contribution >= 0.6 is 0 Å². The maximum absolute atomic E-state index is 10.2. The molecule has 0 bridgehead atoms. The van der Waals surface area contributed by atoms with Gasteiger partial charge in [-0.1, -0.05) is 31.9 Å². The van der Waals surface area contributed by atoms with Crippen LogP contribution in [-0.4, -0.2) is 24.9 Å². The number of rotatable bonds is 9. The molecule has 0 saturated carbocycles. The van der Waals surface area contributed by atoms with Crippen LogP contribution in [0.1, 0.15) is 39.5 Å². The topological polar surface area (TPSA) is 38.8 Å². The summed E-state index contributed by atoms with van der Waals surface area (Å²) < 4.78 is 0. The molecule has 0 saturated heterocycles. The van der Waals surface area contributed by atoms with Gasteiger partial charge in [-0.25, -0.2) is 9.68 Å². The first-order valence-electron chi connectivity index (χ1n) is 4.78. The number of nitrogens with zero attached hydrogens (tertiary/aromatic N) is 1. The van der Waals surface area contributed by atoms with E-state index < -0.39 is 0 Å². The summed E-state index contributed by atoms with van der Waals surface area (Å²) in [7, 11) is 0. The lowest BCUT2D eigenvalue weighted by molar-refractivity contribution is -0.317. The van der Waals surface area contributed by atoms with Gasteiger partial charge in [-0.15, -0.1) is 0 Å². The van der Waals surface area contributed by atoms with Crippen molar-refractivity contribution in [3.05, 3.63) is 0 Å². The van der Waals surface area contributed by atoms with E-state index in [4.69, 9.17) is 9.68 Å². The van der Waals surface area contributed by atoms with Crippen LogP contribution in [0.5, 0.6) is 0 Å². The Morgan fingerprint density at radius 2 is 1.54 bits per heavy atom. The molecule has 0 atom stereocenters. The number of hydrogen-bond acceptors (Lipinski definition) is 3. The first kappa shape index (κ1) is 12.4. The molecule has 0 aliphatic rings. The lowest BCUT2D eigenvalue weighted by atomic mass is 10.4. The molecule has 0 N–H and O–H groups in total. The molecule has 0 aromatic rings. The molecule has 0 aromatic heterocycles. The largest absolute Gasteiger partial charge is 0.366 e. The van der Waals surface area contributed by atoms with E-state index in [0.717, 1.165) is 30.9 Å². The average molecular weight is 188 g/mol. The summed E-state index contributed by atoms with van der Waals surface area (Å²) in [5.74, 6) is 0. The summed E-state index contributed by atoms with van der Waals surface area (Å²) in [4.78, 5) is 20.2. The molecular weight excluding hydrogens is 170 g/mol. The molecule has 0 rings (SSSR count). The number of hydrogen-bond donors (Lipinski definition) is 0. The SMILES string of the molecule is CCCCON([C]=O)OCCCC. The normalized spacial score (nSPS) is 10.0. The number of amides is 1. The van der Waals surface area contributed by atoms with Crippen LogP contribution in [0.3, 0.4) is 0 Å². The summed E-state index contributed by atoms with van der Waals surface area (Å²) >= 11 is 0. The summed E-state index contributed by atoms with van der Waals surface area (Å²) in [6.07, 6.45) is 5.44. The van der Waals surface area contributed by atoms with Crippen molar-refractivity contribution in [2.24, 2.45) is 0 Å². The Morgan fingerprint density at radius 1 is 1.08 bits per heavy atom. The highest BCUT2D eigenvalue weighted by Crippen LogP contribution is 1.95. The molecule has 77 valence electrons. The van der Waals surface area contributed by atoms with Gasteiger partial charge >= 0.3 is 6.41 Å². The number of hydroxylamine groups is 2. The third-order valence-corrected chi connectivity index (χ3v) is 1.49. The van der Waals surface area contributed by atoms with Crippen LogP contribution in [0.4, 0.5) is 0 Å². The second-order valence-electron chi connectivity index (χ2n) is 2.72. The maximum atomic E-state index is 10.2. The van der Waals surface area contributed by atoms with E-state index in [-0.39, 0.29) is 0 Å². The Bertz CT molecular complexity index is 109. The van der Waals surface area contributed by atoms with Crippen molar-refractivity contribution < 1.29 is 14.5 Å². The van der Waals surface area contributed by atoms with E-state index in [0.29, 0.717) is 13.2 Å². The van der Waals surface area contributed by atoms with Crippen molar-refractivity contribution in [2.45, 2.75) is 39.5 Å². The van der Waals surface area contributed by atoms with Crippen molar-refractivity contribution in [3.8, 4) is 0 Å². The standard InChI is InChI=1S/C9H18NO3/c1-3-5-7-12-10(9-11)13-8-6-4-2/h3-8H2,1-2H3. The smallest absolute Gasteiger partial charge is 0.258 e. The molecule has 1 amide bonds. The van der Waals surface area contributed by atoms with Crippen LogP contribution in [0.25, 0.3) is 0 Å². The second-order valence-corrected chi connectivity index (χ2v) is 2.72. The molecule has 0 spiro atoms. The van der Waals surface area contributed by atoms with Crippen molar-refractivity contribution in [1.29, 1.82) is 0 Å². The number of carbonyl (C=O) groups excluding carboxylic acids is 1. The van der Waals surface area contributed by atoms with Gasteiger partial charge in [0.25, 0.3) is 0 Å². The molecule has 0 aliphatic heterocycles. The monoisotopic (exact) mass is 188 g/mol. The molecule has 4 nitrogen and oxygen atoms in total. The first-order chi connectivity index (χ1) is 6.35. The summed E-state index contributed by atoms with van der Waals surface area (Å²) in [6.45, 7) is 5.10. The zero-order valence-corrected chi connectivity index (χ0v) is 8.41. The van der Waals surface area contributed by atoms with Gasteiger partial charge in [-0.05, 0) is 12.8 Å². The molecule has 0 unspecified atom stereocenters. The van der Waals surface area contributed by atoms with Crippen molar-refractivity contribution in [3.63, 3.8) is 0 Å². The fraction of sp³-hybridized carbons (Fsp3) is 0.889. The fourth-order valence-corrected chi connectivity index (χ4v) is 0.674. The van der Waals surface area contributed by atoms with Crippen molar-refractivity contribution in [1.82, 2.24) is 5.23 Å². The third kappa shape index (κ3) is 7.74. The average Bonchev–Trinajstić information content (AvgIpc) is 2.16. The minimum absolute atomic E-state index is 0.498. The Hall–Kier alpha value is -0.610. The van der Waals surface area contributed by atoms with Gasteiger partial charge in [0, 0.05) is 0 Å². The summed E-state index contributed by atoms with van der Waals surface area (Å²) in [6, 6.07) is 0. The van der Waals surface area contributed by atoms with Gasteiger partial charge in [0.1, 0.15) is 0 Å². The van der Waals surface area contributed by atoms with E-state index in [1.54, 1.807) is 6.41 Å². The van der Waals surface area contributed by atoms with E-state index >= 15 is 0 Å². The number of unbranched alkanes of at least 4 members (excludes halogenated alkanes) is 2. The van der Waals surface area contributed by atoms with Gasteiger partial charge in [-0.3, -0.25) is 4.79 Å². The van der Waals surface area contributed by atoms with Gasteiger partial charge in [0.05, 0.1) is 13.2 Å². The van der Waals surface area contributed by atoms with Crippen molar-refractivity contribution >= 4 is 6.41 Å². The minimum Gasteiger partial charge on any atom is -0.258 e. The highest BCUT2D eigenvalue weighted by molar-refractivity contribution is 5.44. The second kappa shape index (κ2) is 9.48. The quantitative estimate of drug-likeness (QED) is 0.315. The van der Waals surface area contributed by atoms with Crippen LogP contribution in [0.2, 0.25) is 0 Å². The minimum atomic E-state index is 0.498. The predicted octanol–water partition coefficient (Wildman–Crippen LogP) is 1.82. The predicted molar refractivity (Wildman–Crippen MR) is 49.3 cm³/mol. The van der Waals surface area contributed by atoms with Crippen LogP contribution in [0, 0.1) is 0 Å². The molecular formula is C9H18NO3. The Morgan fingerprint density at radius 3 is 1.85 bits per heavy atom. The highest BCUT2D eigenvalue weighted by atomic mass is 16.9. The van der Waals surface area contributed by atoms with Crippen LogP contribution in [-0.2, 0) is 14.5 Å². The maximum Gasteiger partial charge on any atom is 0.366 e. The zero-order chi connectivity index (χ0) is 9.94. The molecule has 0 heterocycles. The van der Waals surface area contributed by atoms with Gasteiger partial charge in [0.2, 0.25) is 0 Å². The molecule has 1 radical (unpaired) electrons. The van der Waals surface area contributed by atoms with Crippen LogP contribution in [0.15, 0.2) is 0 Å². The first-order valence-corrected chi connectivity index (χ1v) is 4.78. The van der Waals surface area contributed by atoms with Gasteiger partial charge in [-0.2, -0.15) is 0 Å². The highest BCUT2D eigenvalue weighted by Gasteiger charge is 2.02. The molecule has 0 aliphatic carbocycles. The Balaban J connectivity index is 3.34. The molecule has 0 fully saturated rings. The van der Waals surface area contributed by atoms with Crippen LogP contribution < -0.4 is 0 Å². The van der Waals surface area contributed by atoms with E-state index in [1.807, 2.05) is 0 Å². The van der Waals surface area contributed by atoms with Gasteiger partial charge < -0.3 is 0 Å². The molecule has 4 heteroatoms. The fourth-order valence-electron chi connectivity index (χ4n) is 0.674.